The van der Waals surface area contributed by atoms with Gasteiger partial charge < -0.3 is 20.3 Å². The van der Waals surface area contributed by atoms with E-state index < -0.39 is 12.1 Å². The van der Waals surface area contributed by atoms with Gasteiger partial charge in [-0.3, -0.25) is 9.59 Å². The number of amides is 1. The fraction of sp³-hybridized carbons (Fsp3) is 0.933. The van der Waals surface area contributed by atoms with Gasteiger partial charge in [0.05, 0.1) is 25.4 Å². The molecule has 0 aliphatic carbocycles. The average molecular weight is 1340 g/mol. The first-order valence-corrected chi connectivity index (χ1v) is 44.1. The lowest BCUT2D eigenvalue weighted by atomic mass is 10.0. The van der Waals surface area contributed by atoms with Crippen LogP contribution >= 0.6 is 0 Å². The van der Waals surface area contributed by atoms with E-state index >= 15 is 0 Å². The predicted molar refractivity (Wildman–Crippen MR) is 421 cm³/mol. The summed E-state index contributed by atoms with van der Waals surface area (Å²) in [6.07, 6.45) is 111. The Balaban J connectivity index is 3.34. The van der Waals surface area contributed by atoms with Crippen LogP contribution in [0.4, 0.5) is 0 Å². The maximum atomic E-state index is 12.6. The zero-order chi connectivity index (χ0) is 68.4. The monoisotopic (exact) mass is 1340 g/mol. The molecular formula is C89H173NO5. The van der Waals surface area contributed by atoms with E-state index in [4.69, 9.17) is 4.74 Å². The van der Waals surface area contributed by atoms with Crippen LogP contribution in [-0.4, -0.2) is 47.4 Å². The highest BCUT2D eigenvalue weighted by Gasteiger charge is 2.18. The van der Waals surface area contributed by atoms with Gasteiger partial charge in [0.25, 0.3) is 0 Å². The Morgan fingerprint density at radius 2 is 0.495 bits per heavy atom. The van der Waals surface area contributed by atoms with Gasteiger partial charge in [-0.25, -0.2) is 0 Å². The maximum Gasteiger partial charge on any atom is 0.305 e. The molecule has 0 aromatic carbocycles. The van der Waals surface area contributed by atoms with Crippen molar-refractivity contribution in [3.63, 3.8) is 0 Å². The summed E-state index contributed by atoms with van der Waals surface area (Å²) in [5, 5.41) is 23.3. The van der Waals surface area contributed by atoms with E-state index in [0.29, 0.717) is 19.4 Å². The molecule has 0 aromatic heterocycles. The minimum absolute atomic E-state index is 0.0270. The molecule has 2 unspecified atom stereocenters. The summed E-state index contributed by atoms with van der Waals surface area (Å²) in [5.74, 6) is -0.0313. The molecule has 0 saturated carbocycles. The zero-order valence-corrected chi connectivity index (χ0v) is 64.9. The third-order valence-electron chi connectivity index (χ3n) is 21.0. The van der Waals surface area contributed by atoms with Crippen molar-refractivity contribution in [3.8, 4) is 0 Å². The maximum absolute atomic E-state index is 12.6. The molecule has 6 nitrogen and oxygen atoms in total. The number of carbonyl (C=O) groups excluding carboxylic acids is 2. The van der Waals surface area contributed by atoms with E-state index in [9.17, 15) is 19.8 Å². The van der Waals surface area contributed by atoms with Gasteiger partial charge in [0.1, 0.15) is 0 Å². The quantitative estimate of drug-likeness (QED) is 0.0320. The summed E-state index contributed by atoms with van der Waals surface area (Å²) in [6.45, 7) is 4.98. The van der Waals surface area contributed by atoms with Gasteiger partial charge in [0.15, 0.2) is 0 Å². The molecule has 1 amide bonds. The average Bonchev–Trinajstić information content (AvgIpc) is 3.31. The van der Waals surface area contributed by atoms with Crippen LogP contribution < -0.4 is 5.32 Å². The Morgan fingerprint density at radius 3 is 0.747 bits per heavy atom. The van der Waals surface area contributed by atoms with Gasteiger partial charge in [-0.15, -0.1) is 0 Å². The first-order valence-electron chi connectivity index (χ1n) is 44.1. The third-order valence-corrected chi connectivity index (χ3v) is 21.0. The predicted octanol–water partition coefficient (Wildman–Crippen LogP) is 29.6. The molecule has 0 fully saturated rings. The SMILES string of the molecule is CCCCCCCCCCCCCCCCCCCCCCC/C=C/C(O)C(CO)NC(=O)CCCCCCCCCCCCCCCCCCC/C=C\CCCCCCCCCCCCCCCCCCOC(=O)CCCCCCCCCCCCCCCCCCCC. The molecular weight excluding hydrogens is 1160 g/mol. The van der Waals surface area contributed by atoms with Gasteiger partial charge in [-0.2, -0.15) is 0 Å². The first-order chi connectivity index (χ1) is 47.0. The highest BCUT2D eigenvalue weighted by atomic mass is 16.5. The summed E-state index contributed by atoms with van der Waals surface area (Å²) in [4.78, 5) is 24.7. The number of ether oxygens (including phenoxy) is 1. The minimum atomic E-state index is -0.843. The molecule has 0 aliphatic heterocycles. The van der Waals surface area contributed by atoms with Crippen LogP contribution in [0.5, 0.6) is 0 Å². The number of esters is 1. The molecule has 0 radical (unpaired) electrons. The van der Waals surface area contributed by atoms with Crippen molar-refractivity contribution in [2.45, 2.75) is 520 Å². The Labute approximate surface area is 596 Å². The number of hydrogen-bond donors (Lipinski definition) is 3. The van der Waals surface area contributed by atoms with E-state index in [1.54, 1.807) is 6.08 Å². The fourth-order valence-corrected chi connectivity index (χ4v) is 14.3. The number of aliphatic hydroxyl groups is 2. The lowest BCUT2D eigenvalue weighted by molar-refractivity contribution is -0.143. The van der Waals surface area contributed by atoms with Crippen LogP contribution in [0.25, 0.3) is 0 Å². The van der Waals surface area contributed by atoms with Crippen molar-refractivity contribution in [3.05, 3.63) is 24.3 Å². The number of unbranched alkanes of at least 4 members (excludes halogenated alkanes) is 71. The summed E-state index contributed by atoms with van der Waals surface area (Å²) in [6, 6.07) is -0.626. The summed E-state index contributed by atoms with van der Waals surface area (Å²) >= 11 is 0. The van der Waals surface area contributed by atoms with Crippen LogP contribution in [0.2, 0.25) is 0 Å². The highest BCUT2D eigenvalue weighted by Crippen LogP contribution is 2.21. The van der Waals surface area contributed by atoms with E-state index in [0.717, 1.165) is 38.5 Å². The van der Waals surface area contributed by atoms with Crippen LogP contribution in [0, 0.1) is 0 Å². The lowest BCUT2D eigenvalue weighted by Gasteiger charge is -2.20. The molecule has 3 N–H and O–H groups in total. The third kappa shape index (κ3) is 81.2. The van der Waals surface area contributed by atoms with Crippen LogP contribution in [0.15, 0.2) is 24.3 Å². The van der Waals surface area contributed by atoms with E-state index in [2.05, 4.69) is 31.3 Å². The van der Waals surface area contributed by atoms with Crippen molar-refractivity contribution in [2.75, 3.05) is 13.2 Å². The molecule has 0 rings (SSSR count). The second-order valence-electron chi connectivity index (χ2n) is 30.6. The molecule has 6 heteroatoms. The van der Waals surface area contributed by atoms with Crippen molar-refractivity contribution in [2.24, 2.45) is 0 Å². The molecule has 95 heavy (non-hydrogen) atoms. The second kappa shape index (κ2) is 84.8. The smallest absolute Gasteiger partial charge is 0.305 e. The van der Waals surface area contributed by atoms with E-state index in [1.165, 1.54) is 443 Å². The van der Waals surface area contributed by atoms with E-state index in [-0.39, 0.29) is 18.5 Å². The molecule has 0 heterocycles. The van der Waals surface area contributed by atoms with Gasteiger partial charge in [-0.05, 0) is 57.8 Å². The Hall–Kier alpha value is -1.66. The van der Waals surface area contributed by atoms with Gasteiger partial charge >= 0.3 is 5.97 Å². The number of aliphatic hydroxyl groups excluding tert-OH is 2. The second-order valence-corrected chi connectivity index (χ2v) is 30.6. The van der Waals surface area contributed by atoms with Crippen molar-refractivity contribution >= 4 is 11.9 Å². The molecule has 0 aromatic rings. The summed E-state index contributed by atoms with van der Waals surface area (Å²) in [5.41, 5.74) is 0. The number of hydrogen-bond acceptors (Lipinski definition) is 5. The summed E-state index contributed by atoms with van der Waals surface area (Å²) in [7, 11) is 0. The minimum Gasteiger partial charge on any atom is -0.466 e. The standard InChI is InChI=1S/C89H173NO5/c1-3-5-7-9-11-13-15-17-19-21-23-24-40-43-46-49-53-57-61-65-69-73-77-81-87(92)86(85-91)90-88(93)82-78-74-70-66-62-58-54-50-47-44-41-38-36-34-32-30-28-26-25-27-29-31-33-35-37-39-42-45-48-52-56-60-64-68-72-76-80-84-95-89(94)83-79-75-71-67-63-59-55-51-22-20-18-16-14-12-10-8-6-4-2/h25,27,77,81,86-87,91-92H,3-24,26,28-76,78-80,82-85H2,1-2H3,(H,90,93)/b27-25-,81-77+. The van der Waals surface area contributed by atoms with Gasteiger partial charge in [-0.1, -0.05) is 462 Å². The Bertz CT molecular complexity index is 1500. The van der Waals surface area contributed by atoms with Crippen molar-refractivity contribution < 1.29 is 24.5 Å². The van der Waals surface area contributed by atoms with Gasteiger partial charge in [0, 0.05) is 12.8 Å². The molecule has 0 saturated heterocycles. The Morgan fingerprint density at radius 1 is 0.284 bits per heavy atom. The van der Waals surface area contributed by atoms with Gasteiger partial charge in [0.2, 0.25) is 5.91 Å². The fourth-order valence-electron chi connectivity index (χ4n) is 14.3. The van der Waals surface area contributed by atoms with E-state index in [1.807, 2.05) is 6.08 Å². The number of nitrogens with one attached hydrogen (secondary N) is 1. The van der Waals surface area contributed by atoms with Crippen molar-refractivity contribution in [1.82, 2.24) is 5.32 Å². The Kier molecular flexibility index (Phi) is 83.3. The summed E-state index contributed by atoms with van der Waals surface area (Å²) < 4.78 is 5.52. The zero-order valence-electron chi connectivity index (χ0n) is 64.9. The first kappa shape index (κ1) is 93.3. The highest BCUT2D eigenvalue weighted by molar-refractivity contribution is 5.76. The van der Waals surface area contributed by atoms with Crippen LogP contribution in [0.3, 0.4) is 0 Å². The normalized spacial score (nSPS) is 12.5. The van der Waals surface area contributed by atoms with Crippen LogP contribution in [-0.2, 0) is 14.3 Å². The molecule has 0 bridgehead atoms. The molecule has 564 valence electrons. The lowest BCUT2D eigenvalue weighted by Crippen LogP contribution is -2.45. The molecule has 0 aliphatic rings. The molecule has 2 atom stereocenters. The van der Waals surface area contributed by atoms with Crippen LogP contribution in [0.1, 0.15) is 508 Å². The largest absolute Gasteiger partial charge is 0.466 e. The number of rotatable bonds is 84. The van der Waals surface area contributed by atoms with Crippen molar-refractivity contribution in [1.29, 1.82) is 0 Å². The topological polar surface area (TPSA) is 95.9 Å². The number of carbonyl (C=O) groups is 2. The molecule has 0 spiro atoms. The number of allylic oxidation sites excluding steroid dienone is 3.